The van der Waals surface area contributed by atoms with Crippen molar-refractivity contribution in [2.45, 2.75) is 19.4 Å². The summed E-state index contributed by atoms with van der Waals surface area (Å²) in [6.07, 6.45) is 4.13. The van der Waals surface area contributed by atoms with E-state index in [-0.39, 0.29) is 12.3 Å². The minimum absolute atomic E-state index is 0.164. The number of nitrogens with one attached hydrogen (secondary N) is 2. The van der Waals surface area contributed by atoms with Crippen LogP contribution in [0.1, 0.15) is 17.8 Å². The molecule has 0 bridgehead atoms. The molecule has 0 saturated carbocycles. The van der Waals surface area contributed by atoms with Gasteiger partial charge >= 0.3 is 0 Å². The van der Waals surface area contributed by atoms with Crippen LogP contribution in [0.3, 0.4) is 0 Å². The Bertz CT molecular complexity index is 1190. The Kier molecular flexibility index (Phi) is 6.40. The lowest BCUT2D eigenvalue weighted by molar-refractivity contribution is -0.116. The minimum Gasteiger partial charge on any atom is -0.497 e. The van der Waals surface area contributed by atoms with Crippen molar-refractivity contribution in [2.75, 3.05) is 24.9 Å². The molecule has 4 rings (SSSR count). The highest BCUT2D eigenvalue weighted by Crippen LogP contribution is 2.25. The first kappa shape index (κ1) is 21.0. The summed E-state index contributed by atoms with van der Waals surface area (Å²) in [4.78, 5) is 16.6. The number of hydrogen-bond acceptors (Lipinski definition) is 8. The topological polar surface area (TPSA) is 116 Å². The van der Waals surface area contributed by atoms with E-state index in [4.69, 9.17) is 9.47 Å². The molecule has 3 heterocycles. The largest absolute Gasteiger partial charge is 0.497 e. The molecule has 0 aliphatic carbocycles. The first-order chi connectivity index (χ1) is 15.6. The molecule has 10 nitrogen and oxygen atoms in total. The van der Waals surface area contributed by atoms with Crippen LogP contribution < -0.4 is 20.1 Å². The van der Waals surface area contributed by atoms with E-state index < -0.39 is 0 Å². The van der Waals surface area contributed by atoms with Gasteiger partial charge in [-0.05, 0) is 23.8 Å². The SMILES string of the molecule is COc1cc(NC(=O)CCc2nnc3ccc(NCc4cccnc4)nn23)cc(OC)c1. The second-order valence-corrected chi connectivity index (χ2v) is 6.97. The molecular formula is C22H23N7O3. The van der Waals surface area contributed by atoms with Gasteiger partial charge in [0.15, 0.2) is 11.5 Å². The van der Waals surface area contributed by atoms with Crippen molar-refractivity contribution in [1.82, 2.24) is 24.8 Å². The molecule has 164 valence electrons. The number of fused-ring (bicyclic) bond motifs is 1. The van der Waals surface area contributed by atoms with Gasteiger partial charge in [-0.15, -0.1) is 15.3 Å². The Morgan fingerprint density at radius 1 is 1.06 bits per heavy atom. The maximum absolute atomic E-state index is 12.5. The number of aryl methyl sites for hydroxylation is 1. The molecule has 0 saturated heterocycles. The third-order valence-electron chi connectivity index (χ3n) is 4.73. The Morgan fingerprint density at radius 3 is 2.59 bits per heavy atom. The van der Waals surface area contributed by atoms with Gasteiger partial charge < -0.3 is 20.1 Å². The summed E-state index contributed by atoms with van der Waals surface area (Å²) >= 11 is 0. The van der Waals surface area contributed by atoms with Crippen molar-refractivity contribution in [1.29, 1.82) is 0 Å². The van der Waals surface area contributed by atoms with Gasteiger partial charge in [0.25, 0.3) is 0 Å². The van der Waals surface area contributed by atoms with Crippen LogP contribution >= 0.6 is 0 Å². The van der Waals surface area contributed by atoms with Crippen LogP contribution in [-0.2, 0) is 17.8 Å². The number of ether oxygens (including phenoxy) is 2. The van der Waals surface area contributed by atoms with Gasteiger partial charge in [0, 0.05) is 55.7 Å². The zero-order valence-corrected chi connectivity index (χ0v) is 17.8. The second-order valence-electron chi connectivity index (χ2n) is 6.97. The molecular weight excluding hydrogens is 410 g/mol. The summed E-state index contributed by atoms with van der Waals surface area (Å²) in [5.41, 5.74) is 2.26. The molecule has 2 N–H and O–H groups in total. The Labute approximate surface area is 184 Å². The number of pyridine rings is 1. The average Bonchev–Trinajstić information content (AvgIpc) is 3.24. The number of carbonyl (C=O) groups is 1. The summed E-state index contributed by atoms with van der Waals surface area (Å²) in [7, 11) is 3.12. The molecule has 4 aromatic rings. The molecule has 3 aromatic heterocycles. The zero-order valence-electron chi connectivity index (χ0n) is 17.8. The predicted octanol–water partition coefficient (Wildman–Crippen LogP) is 2.72. The number of nitrogens with zero attached hydrogens (tertiary/aromatic N) is 5. The van der Waals surface area contributed by atoms with Gasteiger partial charge in [-0.2, -0.15) is 4.52 Å². The summed E-state index contributed by atoms with van der Waals surface area (Å²) in [6.45, 7) is 0.593. The maximum atomic E-state index is 12.5. The second kappa shape index (κ2) is 9.73. The quantitative estimate of drug-likeness (QED) is 0.414. The van der Waals surface area contributed by atoms with Crippen LogP contribution in [0.15, 0.2) is 54.9 Å². The fraction of sp³-hybridized carbons (Fsp3) is 0.227. The van der Waals surface area contributed by atoms with E-state index in [0.717, 1.165) is 5.56 Å². The van der Waals surface area contributed by atoms with E-state index in [1.807, 2.05) is 24.3 Å². The molecule has 1 aromatic carbocycles. The molecule has 0 aliphatic rings. The first-order valence-electron chi connectivity index (χ1n) is 10.0. The number of anilines is 2. The first-order valence-corrected chi connectivity index (χ1v) is 10.0. The van der Waals surface area contributed by atoms with Crippen molar-refractivity contribution < 1.29 is 14.3 Å². The van der Waals surface area contributed by atoms with Crippen LogP contribution in [0.5, 0.6) is 11.5 Å². The van der Waals surface area contributed by atoms with Gasteiger partial charge in [0.2, 0.25) is 5.91 Å². The fourth-order valence-corrected chi connectivity index (χ4v) is 3.11. The van der Waals surface area contributed by atoms with Gasteiger partial charge in [-0.1, -0.05) is 6.07 Å². The number of carbonyl (C=O) groups excluding carboxylic acids is 1. The lowest BCUT2D eigenvalue weighted by Crippen LogP contribution is -2.14. The summed E-state index contributed by atoms with van der Waals surface area (Å²) in [5, 5.41) is 19.0. The van der Waals surface area contributed by atoms with Crippen LogP contribution in [0.4, 0.5) is 11.5 Å². The monoisotopic (exact) mass is 433 g/mol. The number of rotatable bonds is 9. The molecule has 0 spiro atoms. The molecule has 0 aliphatic heterocycles. The molecule has 0 unspecified atom stereocenters. The van der Waals surface area contributed by atoms with Gasteiger partial charge in [0.05, 0.1) is 14.2 Å². The minimum atomic E-state index is -0.164. The van der Waals surface area contributed by atoms with Crippen molar-refractivity contribution >= 4 is 23.1 Å². The summed E-state index contributed by atoms with van der Waals surface area (Å²) < 4.78 is 12.1. The van der Waals surface area contributed by atoms with Crippen LogP contribution in [-0.4, -0.2) is 44.9 Å². The lowest BCUT2D eigenvalue weighted by Gasteiger charge is -2.10. The standard InChI is InChI=1S/C22H23N7O3/c1-31-17-10-16(11-18(12-17)32-2)25-22(30)8-7-21-27-26-20-6-5-19(28-29(20)21)24-14-15-4-3-9-23-13-15/h3-6,9-13H,7-8,14H2,1-2H3,(H,24,28)(H,25,30). The smallest absolute Gasteiger partial charge is 0.224 e. The predicted molar refractivity (Wildman–Crippen MR) is 119 cm³/mol. The lowest BCUT2D eigenvalue weighted by atomic mass is 10.2. The van der Waals surface area contributed by atoms with Crippen molar-refractivity contribution in [3.63, 3.8) is 0 Å². The van der Waals surface area contributed by atoms with Gasteiger partial charge in [0.1, 0.15) is 17.3 Å². The van der Waals surface area contributed by atoms with E-state index >= 15 is 0 Å². The van der Waals surface area contributed by atoms with Crippen molar-refractivity contribution in [3.05, 3.63) is 66.2 Å². The van der Waals surface area contributed by atoms with Crippen LogP contribution in [0.25, 0.3) is 5.65 Å². The highest BCUT2D eigenvalue weighted by Gasteiger charge is 2.12. The molecule has 10 heteroatoms. The zero-order chi connectivity index (χ0) is 22.3. The molecule has 0 radical (unpaired) electrons. The van der Waals surface area contributed by atoms with Crippen molar-refractivity contribution in [2.24, 2.45) is 0 Å². The van der Waals surface area contributed by atoms with E-state index in [1.165, 1.54) is 0 Å². The van der Waals surface area contributed by atoms with Gasteiger partial charge in [-0.25, -0.2) is 0 Å². The maximum Gasteiger partial charge on any atom is 0.224 e. The van der Waals surface area contributed by atoms with Crippen LogP contribution in [0.2, 0.25) is 0 Å². The van der Waals surface area contributed by atoms with E-state index in [2.05, 4.69) is 30.9 Å². The highest BCUT2D eigenvalue weighted by molar-refractivity contribution is 5.91. The number of aromatic nitrogens is 5. The molecule has 0 atom stereocenters. The van der Waals surface area contributed by atoms with Gasteiger partial charge in [-0.3, -0.25) is 9.78 Å². The van der Waals surface area contributed by atoms with E-state index in [0.29, 0.717) is 47.4 Å². The van der Waals surface area contributed by atoms with Crippen molar-refractivity contribution in [3.8, 4) is 11.5 Å². The van der Waals surface area contributed by atoms with Crippen LogP contribution in [0, 0.1) is 0 Å². The number of methoxy groups -OCH3 is 2. The van der Waals surface area contributed by atoms with E-state index in [1.54, 1.807) is 49.3 Å². The number of amides is 1. The Balaban J connectivity index is 1.40. The summed E-state index contributed by atoms with van der Waals surface area (Å²) in [5.74, 6) is 2.30. The normalized spacial score (nSPS) is 10.7. The summed E-state index contributed by atoms with van der Waals surface area (Å²) in [6, 6.07) is 12.7. The fourth-order valence-electron chi connectivity index (χ4n) is 3.11. The molecule has 32 heavy (non-hydrogen) atoms. The third kappa shape index (κ3) is 5.09. The number of benzene rings is 1. The number of hydrogen-bond donors (Lipinski definition) is 2. The molecule has 0 fully saturated rings. The Morgan fingerprint density at radius 2 is 1.88 bits per heavy atom. The van der Waals surface area contributed by atoms with E-state index in [9.17, 15) is 4.79 Å². The molecule has 1 amide bonds. The average molecular weight is 433 g/mol. The Hall–Kier alpha value is -4.21. The third-order valence-corrected chi connectivity index (χ3v) is 4.73. The highest BCUT2D eigenvalue weighted by atomic mass is 16.5.